The Labute approximate surface area is 73.4 Å². The normalized spacial score (nSPS) is 16.3. The van der Waals surface area contributed by atoms with Crippen LogP contribution in [0, 0.1) is 22.7 Å². The number of carbonyl (C=O) groups is 2. The van der Waals surface area contributed by atoms with Crippen LogP contribution in [0.1, 0.15) is 0 Å². The van der Waals surface area contributed by atoms with E-state index in [4.69, 9.17) is 16.3 Å². The maximum absolute atomic E-state index is 11.1. The van der Waals surface area contributed by atoms with Gasteiger partial charge in [0, 0.05) is 6.08 Å². The Morgan fingerprint density at radius 1 is 1.15 bits per heavy atom. The highest BCUT2D eigenvalue weighted by atomic mass is 16.1. The van der Waals surface area contributed by atoms with E-state index in [2.05, 4.69) is 0 Å². The molecule has 0 bridgehead atoms. The molecule has 0 saturated heterocycles. The molecule has 0 heterocycles. The molecule has 1 aliphatic rings. The van der Waals surface area contributed by atoms with Crippen molar-refractivity contribution in [1.82, 2.24) is 0 Å². The van der Waals surface area contributed by atoms with Gasteiger partial charge in [-0.1, -0.05) is 0 Å². The van der Waals surface area contributed by atoms with Gasteiger partial charge < -0.3 is 5.73 Å². The predicted octanol–water partition coefficient (Wildman–Crippen LogP) is -0.675. The van der Waals surface area contributed by atoms with E-state index in [1.54, 1.807) is 0 Å². The molecule has 1 aliphatic carbocycles. The average Bonchev–Trinajstić information content (AvgIpc) is 2.10. The number of hydrogen-bond donors (Lipinski definition) is 1. The zero-order valence-corrected chi connectivity index (χ0v) is 6.37. The highest BCUT2D eigenvalue weighted by molar-refractivity contribution is 6.25. The summed E-state index contributed by atoms with van der Waals surface area (Å²) in [6.07, 6.45) is 0.849. The topological polar surface area (TPSA) is 108 Å². The zero-order chi connectivity index (χ0) is 10.0. The summed E-state index contributed by atoms with van der Waals surface area (Å²) in [7, 11) is 0. The first-order chi connectivity index (χ1) is 6.11. The molecule has 13 heavy (non-hydrogen) atoms. The van der Waals surface area contributed by atoms with Crippen molar-refractivity contribution in [2.75, 3.05) is 0 Å². The van der Waals surface area contributed by atoms with Crippen LogP contribution in [-0.2, 0) is 9.59 Å². The van der Waals surface area contributed by atoms with Gasteiger partial charge in [-0.2, -0.15) is 10.5 Å². The zero-order valence-electron chi connectivity index (χ0n) is 6.37. The lowest BCUT2D eigenvalue weighted by Crippen LogP contribution is -2.22. The minimum atomic E-state index is -0.765. The summed E-state index contributed by atoms with van der Waals surface area (Å²) in [4.78, 5) is 22.1. The van der Waals surface area contributed by atoms with Crippen molar-refractivity contribution >= 4 is 11.6 Å². The number of nitriles is 2. The molecule has 0 aromatic carbocycles. The smallest absolute Gasteiger partial charge is 0.220 e. The number of rotatable bonds is 0. The van der Waals surface area contributed by atoms with E-state index in [9.17, 15) is 9.59 Å². The van der Waals surface area contributed by atoms with Gasteiger partial charge >= 0.3 is 0 Å². The maximum Gasteiger partial charge on any atom is 0.220 e. The van der Waals surface area contributed by atoms with Crippen molar-refractivity contribution in [1.29, 1.82) is 10.5 Å². The van der Waals surface area contributed by atoms with Gasteiger partial charge in [0.15, 0.2) is 5.78 Å². The van der Waals surface area contributed by atoms with Gasteiger partial charge in [0.05, 0.1) is 5.70 Å². The molecule has 0 unspecified atom stereocenters. The Bertz CT molecular complexity index is 443. The number of hydrogen-bond acceptors (Lipinski definition) is 5. The predicted molar refractivity (Wildman–Crippen MR) is 40.5 cm³/mol. The number of ketones is 2. The third kappa shape index (κ3) is 1.19. The molecule has 1 rings (SSSR count). The lowest BCUT2D eigenvalue weighted by atomic mass is 9.95. The van der Waals surface area contributed by atoms with Crippen LogP contribution in [0.2, 0.25) is 0 Å². The number of nitrogens with zero attached hydrogens (tertiary/aromatic N) is 2. The fourth-order valence-electron chi connectivity index (χ4n) is 0.878. The van der Waals surface area contributed by atoms with E-state index in [-0.39, 0.29) is 5.70 Å². The van der Waals surface area contributed by atoms with Crippen molar-refractivity contribution in [2.45, 2.75) is 0 Å². The Hall–Kier alpha value is -2.40. The molecule has 0 aliphatic heterocycles. The summed E-state index contributed by atoms with van der Waals surface area (Å²) in [6.45, 7) is 0. The van der Waals surface area contributed by atoms with Crippen molar-refractivity contribution in [3.8, 4) is 12.1 Å². The van der Waals surface area contributed by atoms with Crippen LogP contribution in [-0.4, -0.2) is 11.6 Å². The second-order valence-electron chi connectivity index (χ2n) is 2.27. The van der Waals surface area contributed by atoms with Crippen LogP contribution in [0.25, 0.3) is 0 Å². The summed E-state index contributed by atoms with van der Waals surface area (Å²) in [5.74, 6) is -1.46. The number of carbonyl (C=O) groups excluding carboxylic acids is 2. The molecule has 5 heteroatoms. The third-order valence-corrected chi connectivity index (χ3v) is 1.50. The summed E-state index contributed by atoms with van der Waals surface area (Å²) in [5, 5.41) is 16.9. The van der Waals surface area contributed by atoms with Crippen molar-refractivity contribution < 1.29 is 9.59 Å². The SMILES string of the molecule is N#CC1=C(C#N)C(=O)C(N)=CC1=O. The second-order valence-corrected chi connectivity index (χ2v) is 2.27. The number of Topliss-reactive ketones (excluding diaryl/α,β-unsaturated/α-hetero) is 1. The van der Waals surface area contributed by atoms with Crippen LogP contribution in [0.3, 0.4) is 0 Å². The summed E-state index contributed by atoms with van der Waals surface area (Å²) >= 11 is 0. The molecule has 0 aromatic rings. The summed E-state index contributed by atoms with van der Waals surface area (Å²) < 4.78 is 0. The van der Waals surface area contributed by atoms with Gasteiger partial charge in [-0.25, -0.2) is 0 Å². The van der Waals surface area contributed by atoms with Gasteiger partial charge in [-0.3, -0.25) is 9.59 Å². The Balaban J connectivity index is 3.41. The molecule has 0 saturated carbocycles. The largest absolute Gasteiger partial charge is 0.395 e. The van der Waals surface area contributed by atoms with Gasteiger partial charge in [-0.15, -0.1) is 0 Å². The molecule has 0 aromatic heterocycles. The fraction of sp³-hybridized carbons (Fsp3) is 0. The average molecular weight is 173 g/mol. The molecule has 0 fully saturated rings. The van der Waals surface area contributed by atoms with Crippen molar-refractivity contribution in [2.24, 2.45) is 5.73 Å². The van der Waals surface area contributed by atoms with Gasteiger partial charge in [0.25, 0.3) is 0 Å². The summed E-state index contributed by atoms with van der Waals surface area (Å²) in [6, 6.07) is 2.97. The monoisotopic (exact) mass is 173 g/mol. The molecule has 2 N–H and O–H groups in total. The first-order valence-electron chi connectivity index (χ1n) is 3.22. The van der Waals surface area contributed by atoms with Crippen LogP contribution in [0.4, 0.5) is 0 Å². The van der Waals surface area contributed by atoms with Gasteiger partial charge in [-0.05, 0) is 0 Å². The Kier molecular flexibility index (Phi) is 1.95. The van der Waals surface area contributed by atoms with E-state index < -0.39 is 22.7 Å². The van der Waals surface area contributed by atoms with Gasteiger partial charge in [0.1, 0.15) is 23.3 Å². The third-order valence-electron chi connectivity index (χ3n) is 1.50. The molecule has 62 valence electrons. The van der Waals surface area contributed by atoms with Crippen LogP contribution in [0.5, 0.6) is 0 Å². The lowest BCUT2D eigenvalue weighted by molar-refractivity contribution is -0.115. The van der Waals surface area contributed by atoms with E-state index in [0.29, 0.717) is 0 Å². The van der Waals surface area contributed by atoms with Gasteiger partial charge in [0.2, 0.25) is 5.78 Å². The van der Waals surface area contributed by atoms with Crippen molar-refractivity contribution in [3.05, 3.63) is 22.9 Å². The van der Waals surface area contributed by atoms with E-state index in [1.807, 2.05) is 0 Å². The molecule has 0 atom stereocenters. The van der Waals surface area contributed by atoms with E-state index in [1.165, 1.54) is 12.1 Å². The molecule has 0 spiro atoms. The van der Waals surface area contributed by atoms with Crippen LogP contribution in [0.15, 0.2) is 22.9 Å². The summed E-state index contributed by atoms with van der Waals surface area (Å²) in [5.41, 5.74) is 3.92. The fourth-order valence-corrected chi connectivity index (χ4v) is 0.878. The van der Waals surface area contributed by atoms with E-state index >= 15 is 0 Å². The Morgan fingerprint density at radius 3 is 2.15 bits per heavy atom. The maximum atomic E-state index is 11.1. The molecular formula is C8H3N3O2. The van der Waals surface area contributed by atoms with Crippen LogP contribution < -0.4 is 5.73 Å². The molecule has 0 amide bonds. The van der Waals surface area contributed by atoms with E-state index in [0.717, 1.165) is 6.08 Å². The van der Waals surface area contributed by atoms with Crippen LogP contribution >= 0.6 is 0 Å². The highest BCUT2D eigenvalue weighted by Gasteiger charge is 2.26. The van der Waals surface area contributed by atoms with Crippen molar-refractivity contribution in [3.63, 3.8) is 0 Å². The minimum absolute atomic E-state index is 0.305. The first kappa shape index (κ1) is 8.69. The second kappa shape index (κ2) is 2.92. The lowest BCUT2D eigenvalue weighted by Gasteiger charge is -2.05. The Morgan fingerprint density at radius 2 is 1.69 bits per heavy atom. The molecular weight excluding hydrogens is 170 g/mol. The molecule has 5 nitrogen and oxygen atoms in total. The molecule has 0 radical (unpaired) electrons. The number of allylic oxidation sites excluding steroid dienone is 3. The standard InChI is InChI=1S/C8H3N3O2/c9-2-4-5(3-10)8(13)6(11)1-7(4)12/h1H,11H2. The number of nitrogens with two attached hydrogens (primary N) is 1. The quantitative estimate of drug-likeness (QED) is 0.488. The minimum Gasteiger partial charge on any atom is -0.395 e. The first-order valence-corrected chi connectivity index (χ1v) is 3.22. The highest BCUT2D eigenvalue weighted by Crippen LogP contribution is 2.15.